The van der Waals surface area contributed by atoms with Crippen molar-refractivity contribution < 1.29 is 23.1 Å². The third-order valence-electron chi connectivity index (χ3n) is 4.18. The van der Waals surface area contributed by atoms with Crippen LogP contribution < -0.4 is 0 Å². The number of carbonyl (C=O) groups is 2. The molecule has 1 fully saturated rings. The van der Waals surface area contributed by atoms with Crippen molar-refractivity contribution in [3.8, 4) is 0 Å². The topological polar surface area (TPSA) is 95.0 Å². The van der Waals surface area contributed by atoms with E-state index in [-0.39, 0.29) is 25.4 Å². The number of carbonyl (C=O) groups excluding carboxylic acids is 1. The Morgan fingerprint density at radius 3 is 2.36 bits per heavy atom. The van der Waals surface area contributed by atoms with Gasteiger partial charge in [-0.15, -0.1) is 6.58 Å². The summed E-state index contributed by atoms with van der Waals surface area (Å²) in [4.78, 5) is 24.9. The standard InChI is InChI=1S/C17H22N2O5S/c1-2-10-19(25(23,24)13-14-6-4-3-5-7-14)16(20)15-8-11-18(12-9-15)17(21)22/h2-7,15H,1,8-13H2,(H,21,22). The van der Waals surface area contributed by atoms with Gasteiger partial charge in [0.05, 0.1) is 12.3 Å². The summed E-state index contributed by atoms with van der Waals surface area (Å²) in [6.45, 7) is 3.91. The predicted octanol–water partition coefficient (Wildman–Crippen LogP) is 1.92. The normalized spacial score (nSPS) is 15.6. The number of piperidine rings is 1. The van der Waals surface area contributed by atoms with E-state index in [0.717, 1.165) is 4.31 Å². The summed E-state index contributed by atoms with van der Waals surface area (Å²) < 4.78 is 26.3. The fraction of sp³-hybridized carbons (Fsp3) is 0.412. The number of benzene rings is 1. The molecule has 1 aromatic carbocycles. The van der Waals surface area contributed by atoms with Crippen LogP contribution in [0.15, 0.2) is 43.0 Å². The first-order valence-corrected chi connectivity index (χ1v) is 9.63. The average molecular weight is 366 g/mol. The summed E-state index contributed by atoms with van der Waals surface area (Å²) in [7, 11) is -3.83. The quantitative estimate of drug-likeness (QED) is 0.776. The van der Waals surface area contributed by atoms with Gasteiger partial charge in [0.1, 0.15) is 0 Å². The molecule has 0 atom stereocenters. The van der Waals surface area contributed by atoms with Crippen LogP contribution in [-0.4, -0.2) is 54.4 Å². The lowest BCUT2D eigenvalue weighted by molar-refractivity contribution is -0.131. The summed E-state index contributed by atoms with van der Waals surface area (Å²) >= 11 is 0. The van der Waals surface area contributed by atoms with Crippen molar-refractivity contribution in [3.05, 3.63) is 48.6 Å². The molecule has 8 heteroatoms. The van der Waals surface area contributed by atoms with Crippen LogP contribution in [0, 0.1) is 5.92 Å². The van der Waals surface area contributed by atoms with E-state index < -0.39 is 27.9 Å². The zero-order valence-electron chi connectivity index (χ0n) is 13.9. The van der Waals surface area contributed by atoms with Crippen molar-refractivity contribution in [2.24, 2.45) is 5.92 Å². The molecule has 1 aliphatic heterocycles. The molecule has 1 aliphatic rings. The van der Waals surface area contributed by atoms with Gasteiger partial charge in [0, 0.05) is 19.0 Å². The van der Waals surface area contributed by atoms with Crippen LogP contribution in [0.3, 0.4) is 0 Å². The molecule has 0 radical (unpaired) electrons. The van der Waals surface area contributed by atoms with Crippen LogP contribution in [0.4, 0.5) is 4.79 Å². The molecule has 136 valence electrons. The first-order valence-electron chi connectivity index (χ1n) is 8.02. The number of hydrogen-bond donors (Lipinski definition) is 1. The molecule has 0 saturated carbocycles. The Balaban J connectivity index is 2.12. The van der Waals surface area contributed by atoms with E-state index in [1.54, 1.807) is 30.3 Å². The first kappa shape index (κ1) is 19.0. The lowest BCUT2D eigenvalue weighted by Crippen LogP contribution is -2.46. The second-order valence-corrected chi connectivity index (χ2v) is 7.84. The Hall–Kier alpha value is -2.35. The van der Waals surface area contributed by atoms with Crippen molar-refractivity contribution in [2.45, 2.75) is 18.6 Å². The number of hydrogen-bond acceptors (Lipinski definition) is 4. The lowest BCUT2D eigenvalue weighted by Gasteiger charge is -2.32. The van der Waals surface area contributed by atoms with Gasteiger partial charge in [0.25, 0.3) is 0 Å². The van der Waals surface area contributed by atoms with Gasteiger partial charge in [-0.2, -0.15) is 0 Å². The van der Waals surface area contributed by atoms with E-state index in [1.165, 1.54) is 11.0 Å². The average Bonchev–Trinajstić information content (AvgIpc) is 2.59. The number of likely N-dealkylation sites (tertiary alicyclic amines) is 1. The maximum absolute atomic E-state index is 12.7. The highest BCUT2D eigenvalue weighted by atomic mass is 32.2. The number of carboxylic acid groups (broad SMARTS) is 1. The molecule has 1 N–H and O–H groups in total. The smallest absolute Gasteiger partial charge is 0.407 e. The minimum atomic E-state index is -3.83. The molecule has 1 aromatic rings. The second kappa shape index (κ2) is 8.15. The van der Waals surface area contributed by atoms with Gasteiger partial charge in [-0.3, -0.25) is 4.79 Å². The van der Waals surface area contributed by atoms with Crippen molar-refractivity contribution in [1.29, 1.82) is 0 Å². The second-order valence-electron chi connectivity index (χ2n) is 5.94. The summed E-state index contributed by atoms with van der Waals surface area (Å²) in [6.07, 6.45) is 0.997. The van der Waals surface area contributed by atoms with Gasteiger partial charge in [0.2, 0.25) is 15.9 Å². The zero-order chi connectivity index (χ0) is 18.4. The maximum atomic E-state index is 12.7. The van der Waals surface area contributed by atoms with Gasteiger partial charge in [-0.25, -0.2) is 17.5 Å². The predicted molar refractivity (Wildman–Crippen MR) is 93.3 cm³/mol. The molecule has 0 aliphatic carbocycles. The highest BCUT2D eigenvalue weighted by Crippen LogP contribution is 2.22. The van der Waals surface area contributed by atoms with E-state index in [2.05, 4.69) is 6.58 Å². The van der Waals surface area contributed by atoms with Crippen molar-refractivity contribution in [1.82, 2.24) is 9.21 Å². The molecule has 25 heavy (non-hydrogen) atoms. The Morgan fingerprint density at radius 1 is 1.24 bits per heavy atom. The molecule has 2 amide bonds. The van der Waals surface area contributed by atoms with Gasteiger partial charge < -0.3 is 10.0 Å². The fourth-order valence-electron chi connectivity index (χ4n) is 2.84. The Kier molecular flexibility index (Phi) is 6.19. The van der Waals surface area contributed by atoms with E-state index in [9.17, 15) is 18.0 Å². The number of rotatable bonds is 6. The Labute approximate surface area is 147 Å². The molecule has 0 aromatic heterocycles. The highest BCUT2D eigenvalue weighted by molar-refractivity contribution is 7.88. The van der Waals surface area contributed by atoms with Crippen LogP contribution in [0.25, 0.3) is 0 Å². The highest BCUT2D eigenvalue weighted by Gasteiger charge is 2.34. The van der Waals surface area contributed by atoms with Gasteiger partial charge >= 0.3 is 6.09 Å². The van der Waals surface area contributed by atoms with Crippen LogP contribution in [-0.2, 0) is 20.6 Å². The van der Waals surface area contributed by atoms with Crippen molar-refractivity contribution in [3.63, 3.8) is 0 Å². The minimum absolute atomic E-state index is 0.0901. The van der Waals surface area contributed by atoms with Crippen LogP contribution in [0.1, 0.15) is 18.4 Å². The van der Waals surface area contributed by atoms with Gasteiger partial charge in [-0.05, 0) is 18.4 Å². The number of sulfonamides is 1. The van der Waals surface area contributed by atoms with E-state index >= 15 is 0 Å². The fourth-order valence-corrected chi connectivity index (χ4v) is 4.37. The zero-order valence-corrected chi connectivity index (χ0v) is 14.7. The Morgan fingerprint density at radius 2 is 1.84 bits per heavy atom. The van der Waals surface area contributed by atoms with Crippen molar-refractivity contribution >= 4 is 22.0 Å². The number of nitrogens with zero attached hydrogens (tertiary/aromatic N) is 2. The molecular weight excluding hydrogens is 344 g/mol. The SMILES string of the molecule is C=CCN(C(=O)C1CCN(C(=O)O)CC1)S(=O)(=O)Cc1ccccc1. The number of amides is 2. The summed E-state index contributed by atoms with van der Waals surface area (Å²) in [6, 6.07) is 8.66. The molecule has 2 rings (SSSR count). The molecule has 1 saturated heterocycles. The van der Waals surface area contributed by atoms with Crippen molar-refractivity contribution in [2.75, 3.05) is 19.6 Å². The lowest BCUT2D eigenvalue weighted by atomic mass is 9.96. The Bertz CT molecular complexity index is 725. The van der Waals surface area contributed by atoms with E-state index in [0.29, 0.717) is 18.4 Å². The third-order valence-corrected chi connectivity index (χ3v) is 5.88. The minimum Gasteiger partial charge on any atom is -0.465 e. The van der Waals surface area contributed by atoms with E-state index in [1.807, 2.05) is 0 Å². The van der Waals surface area contributed by atoms with Gasteiger partial charge in [0.15, 0.2) is 0 Å². The first-order chi connectivity index (χ1) is 11.8. The molecule has 0 unspecified atom stereocenters. The van der Waals surface area contributed by atoms with Gasteiger partial charge in [-0.1, -0.05) is 36.4 Å². The van der Waals surface area contributed by atoms with Crippen LogP contribution in [0.2, 0.25) is 0 Å². The summed E-state index contributed by atoms with van der Waals surface area (Å²) in [5, 5.41) is 8.97. The summed E-state index contributed by atoms with van der Waals surface area (Å²) in [5.74, 6) is -1.25. The summed E-state index contributed by atoms with van der Waals surface area (Å²) in [5.41, 5.74) is 0.602. The molecular formula is C17H22N2O5S. The largest absolute Gasteiger partial charge is 0.465 e. The maximum Gasteiger partial charge on any atom is 0.407 e. The van der Waals surface area contributed by atoms with Crippen LogP contribution in [0.5, 0.6) is 0 Å². The molecule has 7 nitrogen and oxygen atoms in total. The van der Waals surface area contributed by atoms with E-state index in [4.69, 9.17) is 5.11 Å². The molecule has 0 bridgehead atoms. The van der Waals surface area contributed by atoms with Crippen LogP contribution >= 0.6 is 0 Å². The molecule has 1 heterocycles. The molecule has 0 spiro atoms. The third kappa shape index (κ3) is 4.82. The monoisotopic (exact) mass is 366 g/mol.